The van der Waals surface area contributed by atoms with Gasteiger partial charge in [-0.15, -0.1) is 0 Å². The van der Waals surface area contributed by atoms with Crippen LogP contribution in [0.25, 0.3) is 0 Å². The molecule has 1 amide bonds. The second kappa shape index (κ2) is 6.99. The Labute approximate surface area is 129 Å². The van der Waals surface area contributed by atoms with Gasteiger partial charge in [0, 0.05) is 17.1 Å². The predicted octanol–water partition coefficient (Wildman–Crippen LogP) is 2.44. The molecule has 0 aliphatic carbocycles. The summed E-state index contributed by atoms with van der Waals surface area (Å²) in [4.78, 5) is 18.8. The normalized spacial score (nSPS) is 10.5. The number of alkyl halides is 2. The number of ether oxygens (including phenoxy) is 1. The number of hydrogen-bond donors (Lipinski definition) is 2. The van der Waals surface area contributed by atoms with E-state index in [1.165, 1.54) is 30.6 Å². The Hall–Kier alpha value is -2.48. The highest BCUT2D eigenvalue weighted by Gasteiger charge is 2.11. The van der Waals surface area contributed by atoms with Crippen molar-refractivity contribution < 1.29 is 18.3 Å². The van der Waals surface area contributed by atoms with Crippen molar-refractivity contribution in [3.05, 3.63) is 46.9 Å². The molecular formula is C13H11ClF2N4O2. The van der Waals surface area contributed by atoms with Gasteiger partial charge in [0.1, 0.15) is 17.3 Å². The topological polar surface area (TPSA) is 90.1 Å². The van der Waals surface area contributed by atoms with Crippen LogP contribution in [0.4, 0.5) is 14.6 Å². The minimum atomic E-state index is -2.95. The number of amides is 1. The van der Waals surface area contributed by atoms with E-state index in [4.69, 9.17) is 17.3 Å². The highest BCUT2D eigenvalue weighted by molar-refractivity contribution is 6.30. The van der Waals surface area contributed by atoms with Gasteiger partial charge in [0.25, 0.3) is 5.91 Å². The SMILES string of the molecule is NC(=O)c1cncc(NCc2cc(Cl)ccc2OC(F)F)n1. The van der Waals surface area contributed by atoms with Crippen molar-refractivity contribution in [1.82, 2.24) is 9.97 Å². The molecule has 2 aromatic rings. The van der Waals surface area contributed by atoms with Crippen LogP contribution in [-0.2, 0) is 6.54 Å². The highest BCUT2D eigenvalue weighted by atomic mass is 35.5. The maximum absolute atomic E-state index is 12.4. The van der Waals surface area contributed by atoms with Crippen molar-refractivity contribution in [2.24, 2.45) is 5.73 Å². The van der Waals surface area contributed by atoms with Crippen molar-refractivity contribution in [2.45, 2.75) is 13.2 Å². The van der Waals surface area contributed by atoms with Gasteiger partial charge >= 0.3 is 6.61 Å². The van der Waals surface area contributed by atoms with Gasteiger partial charge in [0.05, 0.1) is 12.4 Å². The standard InChI is InChI=1S/C13H11ClF2N4O2/c14-8-1-2-10(22-13(15)16)7(3-8)4-19-11-6-18-5-9(20-11)12(17)21/h1-3,5-6,13H,4H2,(H2,17,21)(H,19,20). The lowest BCUT2D eigenvalue weighted by Crippen LogP contribution is -2.15. The van der Waals surface area contributed by atoms with E-state index in [0.717, 1.165) is 0 Å². The Bertz CT molecular complexity index is 685. The number of primary amides is 1. The molecule has 6 nitrogen and oxygen atoms in total. The van der Waals surface area contributed by atoms with E-state index in [1.807, 2.05) is 0 Å². The number of carbonyl (C=O) groups excluding carboxylic acids is 1. The molecule has 3 N–H and O–H groups in total. The second-order valence-electron chi connectivity index (χ2n) is 4.14. The molecule has 116 valence electrons. The number of halogens is 3. The second-order valence-corrected chi connectivity index (χ2v) is 4.57. The third-order valence-corrected chi connectivity index (χ3v) is 2.82. The summed E-state index contributed by atoms with van der Waals surface area (Å²) in [6.07, 6.45) is 2.59. The van der Waals surface area contributed by atoms with E-state index < -0.39 is 12.5 Å². The summed E-state index contributed by atoms with van der Waals surface area (Å²) in [6, 6.07) is 4.27. The van der Waals surface area contributed by atoms with Crippen LogP contribution in [0.5, 0.6) is 5.75 Å². The molecule has 1 aromatic heterocycles. The van der Waals surface area contributed by atoms with E-state index in [-0.39, 0.29) is 23.8 Å². The number of nitrogens with zero attached hydrogens (tertiary/aromatic N) is 2. The van der Waals surface area contributed by atoms with Gasteiger partial charge in [-0.2, -0.15) is 8.78 Å². The van der Waals surface area contributed by atoms with Crippen LogP contribution in [0, 0.1) is 0 Å². The molecule has 0 unspecified atom stereocenters. The first-order valence-electron chi connectivity index (χ1n) is 6.04. The number of rotatable bonds is 6. The predicted molar refractivity (Wildman–Crippen MR) is 76.0 cm³/mol. The first-order valence-corrected chi connectivity index (χ1v) is 6.42. The quantitative estimate of drug-likeness (QED) is 0.850. The summed E-state index contributed by atoms with van der Waals surface area (Å²) in [6.45, 7) is -2.85. The molecule has 22 heavy (non-hydrogen) atoms. The molecule has 1 aromatic carbocycles. The Morgan fingerprint density at radius 3 is 2.86 bits per heavy atom. The van der Waals surface area contributed by atoms with Crippen molar-refractivity contribution in [1.29, 1.82) is 0 Å². The lowest BCUT2D eigenvalue weighted by atomic mass is 10.2. The van der Waals surface area contributed by atoms with Gasteiger partial charge < -0.3 is 15.8 Å². The number of nitrogens with two attached hydrogens (primary N) is 1. The number of benzene rings is 1. The molecule has 0 fully saturated rings. The summed E-state index contributed by atoms with van der Waals surface area (Å²) in [5.41, 5.74) is 5.49. The van der Waals surface area contributed by atoms with Gasteiger partial charge in [0.2, 0.25) is 0 Å². The van der Waals surface area contributed by atoms with Crippen molar-refractivity contribution in [2.75, 3.05) is 5.32 Å². The van der Waals surface area contributed by atoms with Crippen LogP contribution >= 0.6 is 11.6 Å². The lowest BCUT2D eigenvalue weighted by molar-refractivity contribution is -0.0504. The molecule has 1 heterocycles. The van der Waals surface area contributed by atoms with Gasteiger partial charge in [-0.3, -0.25) is 9.78 Å². The van der Waals surface area contributed by atoms with Crippen molar-refractivity contribution in [3.63, 3.8) is 0 Å². The molecule has 0 saturated heterocycles. The van der Waals surface area contributed by atoms with Crippen LogP contribution in [0.15, 0.2) is 30.6 Å². The summed E-state index contributed by atoms with van der Waals surface area (Å²) >= 11 is 5.84. The Kier molecular flexibility index (Phi) is 5.05. The van der Waals surface area contributed by atoms with Gasteiger partial charge in [-0.25, -0.2) is 4.98 Å². The van der Waals surface area contributed by atoms with Crippen LogP contribution in [0.1, 0.15) is 16.1 Å². The fourth-order valence-corrected chi connectivity index (χ4v) is 1.85. The Morgan fingerprint density at radius 1 is 1.41 bits per heavy atom. The molecule has 0 aliphatic heterocycles. The smallest absolute Gasteiger partial charge is 0.387 e. The van der Waals surface area contributed by atoms with E-state index in [0.29, 0.717) is 10.6 Å². The number of nitrogens with one attached hydrogen (secondary N) is 1. The fourth-order valence-electron chi connectivity index (χ4n) is 1.65. The van der Waals surface area contributed by atoms with Gasteiger partial charge in [-0.05, 0) is 18.2 Å². The summed E-state index contributed by atoms with van der Waals surface area (Å²) in [5, 5.41) is 3.20. The third kappa shape index (κ3) is 4.26. The minimum Gasteiger partial charge on any atom is -0.434 e. The first kappa shape index (κ1) is 15.9. The van der Waals surface area contributed by atoms with Crippen LogP contribution in [0.2, 0.25) is 5.02 Å². The number of aromatic nitrogens is 2. The molecule has 2 rings (SSSR count). The van der Waals surface area contributed by atoms with Crippen molar-refractivity contribution >= 4 is 23.3 Å². The molecule has 0 spiro atoms. The molecule has 0 aliphatic rings. The number of carbonyl (C=O) groups is 1. The van der Waals surface area contributed by atoms with Crippen LogP contribution in [0.3, 0.4) is 0 Å². The average molecular weight is 329 g/mol. The zero-order valence-corrected chi connectivity index (χ0v) is 11.8. The number of hydrogen-bond acceptors (Lipinski definition) is 5. The zero-order valence-electron chi connectivity index (χ0n) is 11.1. The van der Waals surface area contributed by atoms with E-state index >= 15 is 0 Å². The summed E-state index contributed by atoms with van der Waals surface area (Å²) < 4.78 is 29.1. The molecule has 0 radical (unpaired) electrons. The van der Waals surface area contributed by atoms with Crippen molar-refractivity contribution in [3.8, 4) is 5.75 Å². The van der Waals surface area contributed by atoms with Gasteiger partial charge in [0.15, 0.2) is 0 Å². The molecular weight excluding hydrogens is 318 g/mol. The maximum atomic E-state index is 12.4. The molecule has 0 atom stereocenters. The molecule has 0 saturated carbocycles. The lowest BCUT2D eigenvalue weighted by Gasteiger charge is -2.12. The zero-order chi connectivity index (χ0) is 16.1. The Morgan fingerprint density at radius 2 is 2.18 bits per heavy atom. The number of anilines is 1. The van der Waals surface area contributed by atoms with Gasteiger partial charge in [-0.1, -0.05) is 11.6 Å². The summed E-state index contributed by atoms with van der Waals surface area (Å²) in [5.74, 6) is -0.467. The van der Waals surface area contributed by atoms with Crippen LogP contribution in [-0.4, -0.2) is 22.5 Å². The fraction of sp³-hybridized carbons (Fsp3) is 0.154. The van der Waals surface area contributed by atoms with E-state index in [9.17, 15) is 13.6 Å². The largest absolute Gasteiger partial charge is 0.434 e. The maximum Gasteiger partial charge on any atom is 0.387 e. The first-order chi connectivity index (χ1) is 10.5. The Balaban J connectivity index is 2.15. The van der Waals surface area contributed by atoms with E-state index in [2.05, 4.69) is 20.0 Å². The minimum absolute atomic E-state index is 0.00841. The monoisotopic (exact) mass is 328 g/mol. The van der Waals surface area contributed by atoms with Crippen LogP contribution < -0.4 is 15.8 Å². The average Bonchev–Trinajstić information content (AvgIpc) is 2.47. The molecule has 9 heteroatoms. The summed E-state index contributed by atoms with van der Waals surface area (Å²) in [7, 11) is 0. The highest BCUT2D eigenvalue weighted by Crippen LogP contribution is 2.25. The van der Waals surface area contributed by atoms with E-state index in [1.54, 1.807) is 0 Å². The third-order valence-electron chi connectivity index (χ3n) is 2.59. The molecule has 0 bridgehead atoms.